The van der Waals surface area contributed by atoms with Crippen molar-refractivity contribution < 1.29 is 19.4 Å². The quantitative estimate of drug-likeness (QED) is 0.930. The van der Waals surface area contributed by atoms with Crippen LogP contribution >= 0.6 is 11.6 Å². The first kappa shape index (κ1) is 15.4. The van der Waals surface area contributed by atoms with E-state index in [1.54, 1.807) is 36.5 Å². The number of hydrogen-bond acceptors (Lipinski definition) is 5. The summed E-state index contributed by atoms with van der Waals surface area (Å²) in [4.78, 5) is 17.1. The van der Waals surface area contributed by atoms with E-state index in [9.17, 15) is 9.90 Å². The highest BCUT2D eigenvalue weighted by Crippen LogP contribution is 2.47. The molecule has 0 spiro atoms. The maximum atomic E-state index is 12.8. The Morgan fingerprint density at radius 2 is 2.00 bits per heavy atom. The third kappa shape index (κ3) is 2.53. The van der Waals surface area contributed by atoms with Gasteiger partial charge in [-0.15, -0.1) is 0 Å². The Balaban J connectivity index is 2.13. The molecule has 3 rings (SSSR count). The first-order chi connectivity index (χ1) is 11.1. The Labute approximate surface area is 138 Å². The summed E-state index contributed by atoms with van der Waals surface area (Å²) in [5, 5.41) is 10.9. The summed E-state index contributed by atoms with van der Waals surface area (Å²) in [6, 6.07) is 8.57. The van der Waals surface area contributed by atoms with E-state index < -0.39 is 5.92 Å². The van der Waals surface area contributed by atoms with Gasteiger partial charge in [0.1, 0.15) is 0 Å². The van der Waals surface area contributed by atoms with Crippen LogP contribution in [0.15, 0.2) is 35.3 Å². The molecule has 5 nitrogen and oxygen atoms in total. The highest BCUT2D eigenvalue weighted by Gasteiger charge is 2.32. The zero-order chi connectivity index (χ0) is 16.6. The van der Waals surface area contributed by atoms with Gasteiger partial charge in [-0.05, 0) is 17.7 Å². The zero-order valence-corrected chi connectivity index (χ0v) is 13.3. The Morgan fingerprint density at radius 3 is 2.65 bits per heavy atom. The highest BCUT2D eigenvalue weighted by molar-refractivity contribution is 6.30. The number of aromatic hydroxyl groups is 1. The number of nitrogens with zero attached hydrogens (tertiary/aromatic N) is 1. The van der Waals surface area contributed by atoms with Crippen molar-refractivity contribution >= 4 is 29.3 Å². The summed E-state index contributed by atoms with van der Waals surface area (Å²) in [5.74, 6) is -0.715. The van der Waals surface area contributed by atoms with E-state index in [-0.39, 0.29) is 22.8 Å². The minimum atomic E-state index is -0.606. The molecule has 1 aliphatic rings. The topological polar surface area (TPSA) is 68.1 Å². The molecule has 0 saturated carbocycles. The minimum Gasteiger partial charge on any atom is -0.504 e. The number of carbonyl (C=O) groups is 1. The number of carbonyl (C=O) groups excluding carboxylic acids is 1. The van der Waals surface area contributed by atoms with Gasteiger partial charge in [-0.3, -0.25) is 9.79 Å². The van der Waals surface area contributed by atoms with E-state index in [0.29, 0.717) is 22.0 Å². The van der Waals surface area contributed by atoms with Crippen LogP contribution in [0.4, 0.5) is 5.69 Å². The smallest absolute Gasteiger partial charge is 0.203 e. The van der Waals surface area contributed by atoms with Crippen molar-refractivity contribution in [1.82, 2.24) is 0 Å². The van der Waals surface area contributed by atoms with Crippen LogP contribution in [0.5, 0.6) is 17.2 Å². The summed E-state index contributed by atoms with van der Waals surface area (Å²) in [5.41, 5.74) is 1.18. The van der Waals surface area contributed by atoms with Crippen LogP contribution in [0.2, 0.25) is 5.02 Å². The van der Waals surface area contributed by atoms with E-state index in [1.807, 2.05) is 0 Å². The van der Waals surface area contributed by atoms with Crippen molar-refractivity contribution in [2.75, 3.05) is 14.2 Å². The van der Waals surface area contributed by atoms with E-state index in [0.717, 1.165) is 0 Å². The second-order valence-electron chi connectivity index (χ2n) is 5.03. The number of rotatable bonds is 3. The maximum Gasteiger partial charge on any atom is 0.203 e. The van der Waals surface area contributed by atoms with Gasteiger partial charge in [0.25, 0.3) is 0 Å². The van der Waals surface area contributed by atoms with Crippen LogP contribution in [-0.4, -0.2) is 31.3 Å². The number of phenols is 1. The minimum absolute atomic E-state index is 0.113. The number of aliphatic imine (C=N–C) groups is 1. The predicted molar refractivity (Wildman–Crippen MR) is 87.9 cm³/mol. The lowest BCUT2D eigenvalue weighted by Crippen LogP contribution is -2.18. The second kappa shape index (κ2) is 5.93. The van der Waals surface area contributed by atoms with Crippen molar-refractivity contribution in [3.63, 3.8) is 0 Å². The molecule has 2 aromatic rings. The van der Waals surface area contributed by atoms with Crippen LogP contribution < -0.4 is 9.47 Å². The number of halogens is 1. The second-order valence-corrected chi connectivity index (χ2v) is 5.47. The number of ether oxygens (including phenoxy) is 2. The van der Waals surface area contributed by atoms with Gasteiger partial charge in [0.15, 0.2) is 17.3 Å². The molecule has 6 heteroatoms. The summed E-state index contributed by atoms with van der Waals surface area (Å²) >= 11 is 5.99. The van der Waals surface area contributed by atoms with Gasteiger partial charge in [0.05, 0.1) is 31.4 Å². The summed E-state index contributed by atoms with van der Waals surface area (Å²) < 4.78 is 10.3. The maximum absolute atomic E-state index is 12.8. The molecule has 0 radical (unpaired) electrons. The molecule has 118 valence electrons. The number of methoxy groups -OCH3 is 2. The number of hydrogen-bond donors (Lipinski definition) is 1. The molecule has 1 heterocycles. The third-order valence-corrected chi connectivity index (χ3v) is 3.96. The first-order valence-corrected chi connectivity index (χ1v) is 7.26. The normalized spacial score (nSPS) is 16.1. The number of benzene rings is 2. The summed E-state index contributed by atoms with van der Waals surface area (Å²) in [6.45, 7) is 0. The molecule has 0 saturated heterocycles. The molecule has 0 amide bonds. The molecular formula is C17H14ClNO4. The van der Waals surface area contributed by atoms with Crippen molar-refractivity contribution in [3.8, 4) is 17.2 Å². The molecule has 1 atom stereocenters. The Hall–Kier alpha value is -2.53. The van der Waals surface area contributed by atoms with E-state index in [4.69, 9.17) is 21.1 Å². The van der Waals surface area contributed by atoms with Crippen molar-refractivity contribution in [3.05, 3.63) is 46.5 Å². The highest BCUT2D eigenvalue weighted by atomic mass is 35.5. The Morgan fingerprint density at radius 1 is 1.22 bits per heavy atom. The Bertz CT molecular complexity index is 816. The monoisotopic (exact) mass is 331 g/mol. The molecular weight excluding hydrogens is 318 g/mol. The molecule has 1 unspecified atom stereocenters. The number of phenolic OH excluding ortho intramolecular Hbond substituents is 1. The molecule has 0 aromatic heterocycles. The van der Waals surface area contributed by atoms with Crippen LogP contribution in [0, 0.1) is 0 Å². The van der Waals surface area contributed by atoms with Crippen molar-refractivity contribution in [2.45, 2.75) is 5.92 Å². The summed E-state index contributed by atoms with van der Waals surface area (Å²) in [6.07, 6.45) is 1.54. The number of fused-ring (bicyclic) bond motifs is 1. The van der Waals surface area contributed by atoms with E-state index in [2.05, 4.69) is 4.99 Å². The van der Waals surface area contributed by atoms with Gasteiger partial charge in [-0.2, -0.15) is 0 Å². The van der Waals surface area contributed by atoms with Crippen LogP contribution in [0.25, 0.3) is 0 Å². The largest absolute Gasteiger partial charge is 0.504 e. The molecule has 23 heavy (non-hydrogen) atoms. The number of ketones is 1. The SMILES string of the molecule is COc1cc2c(c(O)c1OC)C(=O)C(c1cccc(Cl)c1)C=N2. The van der Waals surface area contributed by atoms with Crippen LogP contribution in [-0.2, 0) is 0 Å². The van der Waals surface area contributed by atoms with E-state index >= 15 is 0 Å². The molecule has 1 aliphatic heterocycles. The fourth-order valence-corrected chi connectivity index (χ4v) is 2.82. The van der Waals surface area contributed by atoms with Crippen LogP contribution in [0.3, 0.4) is 0 Å². The average Bonchev–Trinajstić information content (AvgIpc) is 2.54. The zero-order valence-electron chi connectivity index (χ0n) is 12.5. The fourth-order valence-electron chi connectivity index (χ4n) is 2.62. The molecule has 0 fully saturated rings. The standard InChI is InChI=1S/C17H14ClNO4/c1-22-13-7-12-14(16(21)17(13)23-2)15(20)11(8-19-12)9-4-3-5-10(18)6-9/h3-8,11,21H,1-2H3. The van der Waals surface area contributed by atoms with Gasteiger partial charge in [0.2, 0.25) is 5.75 Å². The van der Waals surface area contributed by atoms with Gasteiger partial charge in [-0.25, -0.2) is 0 Å². The molecule has 0 bridgehead atoms. The van der Waals surface area contributed by atoms with Gasteiger partial charge >= 0.3 is 0 Å². The predicted octanol–water partition coefficient (Wildman–Crippen LogP) is 3.75. The first-order valence-electron chi connectivity index (χ1n) is 6.88. The lowest BCUT2D eigenvalue weighted by Gasteiger charge is -2.21. The Kier molecular flexibility index (Phi) is 3.96. The molecule has 0 aliphatic carbocycles. The summed E-state index contributed by atoms with van der Waals surface area (Å²) in [7, 11) is 2.85. The lowest BCUT2D eigenvalue weighted by atomic mass is 9.88. The fraction of sp³-hybridized carbons (Fsp3) is 0.176. The third-order valence-electron chi connectivity index (χ3n) is 3.72. The molecule has 1 N–H and O–H groups in total. The van der Waals surface area contributed by atoms with Gasteiger partial charge in [0, 0.05) is 17.3 Å². The van der Waals surface area contributed by atoms with Gasteiger partial charge in [-0.1, -0.05) is 23.7 Å². The molecule has 2 aromatic carbocycles. The van der Waals surface area contributed by atoms with Crippen molar-refractivity contribution in [1.29, 1.82) is 0 Å². The van der Waals surface area contributed by atoms with Crippen molar-refractivity contribution in [2.24, 2.45) is 4.99 Å². The average molecular weight is 332 g/mol. The van der Waals surface area contributed by atoms with Gasteiger partial charge < -0.3 is 14.6 Å². The van der Waals surface area contributed by atoms with E-state index in [1.165, 1.54) is 14.2 Å². The van der Waals surface area contributed by atoms with Crippen LogP contribution in [0.1, 0.15) is 21.8 Å². The lowest BCUT2D eigenvalue weighted by molar-refractivity contribution is 0.0980. The number of Topliss-reactive ketones (excluding diaryl/α,β-unsaturated/α-hetero) is 1.